The molecule has 24 heavy (non-hydrogen) atoms. The molecule has 0 saturated carbocycles. The number of piperazine rings is 1. The monoisotopic (exact) mass is 330 g/mol. The molecule has 1 saturated heterocycles. The molecule has 0 radical (unpaired) electrons. The van der Waals surface area contributed by atoms with Gasteiger partial charge in [0.1, 0.15) is 5.75 Å². The van der Waals surface area contributed by atoms with Gasteiger partial charge in [0.25, 0.3) is 0 Å². The molecule has 3 nitrogen and oxygen atoms in total. The van der Waals surface area contributed by atoms with Gasteiger partial charge in [-0.15, -0.1) is 0 Å². The predicted octanol–water partition coefficient (Wildman–Crippen LogP) is 3.12. The first-order valence-electron chi connectivity index (χ1n) is 9.56. The quantitative estimate of drug-likeness (QED) is 0.681. The number of hydrogen-bond acceptors (Lipinski definition) is 3. The maximum atomic E-state index is 5.73. The van der Waals surface area contributed by atoms with Gasteiger partial charge in [-0.05, 0) is 48.5 Å². The number of nitrogens with zero attached hydrogens (tertiary/aromatic N) is 2. The Balaban J connectivity index is 2.06. The van der Waals surface area contributed by atoms with E-state index in [2.05, 4.69) is 56.7 Å². The molecular formula is C20H35BN2O. The van der Waals surface area contributed by atoms with E-state index in [1.807, 2.05) is 7.11 Å². The van der Waals surface area contributed by atoms with Gasteiger partial charge in [-0.25, -0.2) is 0 Å². The van der Waals surface area contributed by atoms with E-state index in [1.54, 1.807) is 0 Å². The van der Waals surface area contributed by atoms with Crippen LogP contribution in [0.4, 0.5) is 0 Å². The van der Waals surface area contributed by atoms with E-state index in [1.165, 1.54) is 43.5 Å². The SMILES string of the molecule is BN1CCN(Cc2ccc(CC(C)(CC)CCC)c(OC)c2)CC1. The Hall–Kier alpha value is -0.995. The van der Waals surface area contributed by atoms with Crippen molar-refractivity contribution in [3.05, 3.63) is 29.3 Å². The van der Waals surface area contributed by atoms with Crippen LogP contribution in [0.1, 0.15) is 51.2 Å². The standard InChI is InChI=1S/C20H35BN2O/c1-5-9-20(3,6-2)15-18-8-7-17(14-19(18)24-4)16-22-10-12-23(21)13-11-22/h7-8,14H,5-6,9-13,15-16,21H2,1-4H3. The summed E-state index contributed by atoms with van der Waals surface area (Å²) < 4.78 is 5.73. The summed E-state index contributed by atoms with van der Waals surface area (Å²) in [5.41, 5.74) is 3.10. The Morgan fingerprint density at radius 2 is 1.88 bits per heavy atom. The largest absolute Gasteiger partial charge is 0.496 e. The number of methoxy groups -OCH3 is 1. The van der Waals surface area contributed by atoms with Gasteiger partial charge in [-0.2, -0.15) is 0 Å². The molecule has 0 N–H and O–H groups in total. The van der Waals surface area contributed by atoms with Crippen LogP contribution in [-0.2, 0) is 13.0 Å². The second kappa shape index (κ2) is 8.91. The Morgan fingerprint density at radius 3 is 2.46 bits per heavy atom. The molecule has 134 valence electrons. The van der Waals surface area contributed by atoms with Gasteiger partial charge in [0.2, 0.25) is 0 Å². The maximum absolute atomic E-state index is 5.73. The van der Waals surface area contributed by atoms with Crippen LogP contribution in [0.15, 0.2) is 18.2 Å². The minimum Gasteiger partial charge on any atom is -0.496 e. The van der Waals surface area contributed by atoms with Gasteiger partial charge in [-0.1, -0.05) is 45.7 Å². The topological polar surface area (TPSA) is 15.7 Å². The minimum absolute atomic E-state index is 0.376. The molecule has 1 aromatic carbocycles. The lowest BCUT2D eigenvalue weighted by Gasteiger charge is -2.33. The van der Waals surface area contributed by atoms with E-state index >= 15 is 0 Å². The van der Waals surface area contributed by atoms with E-state index < -0.39 is 0 Å². The zero-order valence-corrected chi connectivity index (χ0v) is 16.4. The smallest absolute Gasteiger partial charge is 0.185 e. The summed E-state index contributed by atoms with van der Waals surface area (Å²) in [6, 6.07) is 6.86. The molecule has 0 bridgehead atoms. The molecular weight excluding hydrogens is 295 g/mol. The van der Waals surface area contributed by atoms with Crippen LogP contribution in [0, 0.1) is 5.41 Å². The zero-order valence-electron chi connectivity index (χ0n) is 16.4. The summed E-state index contributed by atoms with van der Waals surface area (Å²) in [5.74, 6) is 1.07. The fourth-order valence-electron chi connectivity index (χ4n) is 3.75. The molecule has 0 amide bonds. The lowest BCUT2D eigenvalue weighted by atomic mass is 9.77. The first kappa shape index (κ1) is 19.3. The van der Waals surface area contributed by atoms with Crippen LogP contribution in [0.3, 0.4) is 0 Å². The molecule has 1 heterocycles. The molecule has 1 aliphatic rings. The fourth-order valence-corrected chi connectivity index (χ4v) is 3.75. The van der Waals surface area contributed by atoms with Crippen molar-refractivity contribution in [1.82, 2.24) is 9.71 Å². The van der Waals surface area contributed by atoms with Crippen LogP contribution in [0.2, 0.25) is 0 Å². The summed E-state index contributed by atoms with van der Waals surface area (Å²) in [6.45, 7) is 12.7. The first-order valence-corrected chi connectivity index (χ1v) is 9.56. The normalized spacial score (nSPS) is 19.2. The highest BCUT2D eigenvalue weighted by Gasteiger charge is 2.23. The van der Waals surface area contributed by atoms with E-state index in [0.717, 1.165) is 31.8 Å². The highest BCUT2D eigenvalue weighted by Crippen LogP contribution is 2.35. The Labute approximate surface area is 149 Å². The van der Waals surface area contributed by atoms with Crippen molar-refractivity contribution in [3.63, 3.8) is 0 Å². The molecule has 0 aromatic heterocycles. The molecule has 1 fully saturated rings. The molecule has 1 aliphatic heterocycles. The summed E-state index contributed by atoms with van der Waals surface area (Å²) in [4.78, 5) is 4.95. The number of hydrogen-bond donors (Lipinski definition) is 0. The molecule has 0 aliphatic carbocycles. The first-order chi connectivity index (χ1) is 11.5. The van der Waals surface area contributed by atoms with Crippen LogP contribution in [-0.4, -0.2) is 51.0 Å². The highest BCUT2D eigenvalue weighted by atomic mass is 16.5. The van der Waals surface area contributed by atoms with Crippen molar-refractivity contribution in [2.24, 2.45) is 5.41 Å². The van der Waals surface area contributed by atoms with Crippen molar-refractivity contribution in [2.75, 3.05) is 33.3 Å². The summed E-state index contributed by atoms with van der Waals surface area (Å²) in [5, 5.41) is 0. The highest BCUT2D eigenvalue weighted by molar-refractivity contribution is 6.04. The fraction of sp³-hybridized carbons (Fsp3) is 0.700. The molecule has 1 atom stereocenters. The van der Waals surface area contributed by atoms with Crippen LogP contribution in [0.25, 0.3) is 0 Å². The summed E-state index contributed by atoms with van der Waals surface area (Å²) in [6.07, 6.45) is 4.84. The zero-order chi connectivity index (χ0) is 17.6. The van der Waals surface area contributed by atoms with E-state index in [0.29, 0.717) is 5.41 Å². The summed E-state index contributed by atoms with van der Waals surface area (Å²) >= 11 is 0. The summed E-state index contributed by atoms with van der Waals surface area (Å²) in [7, 11) is 4.01. The molecule has 4 heteroatoms. The van der Waals surface area contributed by atoms with E-state index in [-0.39, 0.29) is 0 Å². The second-order valence-electron chi connectivity index (χ2n) is 7.82. The van der Waals surface area contributed by atoms with Crippen molar-refractivity contribution < 1.29 is 4.74 Å². The van der Waals surface area contributed by atoms with Gasteiger partial charge in [-0.3, -0.25) is 4.90 Å². The third-order valence-corrected chi connectivity index (χ3v) is 5.68. The molecule has 1 unspecified atom stereocenters. The average molecular weight is 330 g/mol. The Kier molecular flexibility index (Phi) is 7.18. The molecule has 1 aromatic rings. The van der Waals surface area contributed by atoms with Crippen molar-refractivity contribution >= 4 is 7.98 Å². The predicted molar refractivity (Wildman–Crippen MR) is 105 cm³/mol. The Bertz CT molecular complexity index is 514. The molecule has 0 spiro atoms. The van der Waals surface area contributed by atoms with Crippen LogP contribution >= 0.6 is 0 Å². The van der Waals surface area contributed by atoms with Gasteiger partial charge in [0.05, 0.1) is 7.11 Å². The third-order valence-electron chi connectivity index (χ3n) is 5.68. The minimum atomic E-state index is 0.376. The van der Waals surface area contributed by atoms with E-state index in [9.17, 15) is 0 Å². The lowest BCUT2D eigenvalue weighted by Crippen LogP contribution is -2.44. The average Bonchev–Trinajstić information content (AvgIpc) is 2.58. The maximum Gasteiger partial charge on any atom is 0.185 e. The lowest BCUT2D eigenvalue weighted by molar-refractivity contribution is 0.184. The van der Waals surface area contributed by atoms with Gasteiger partial charge in [0, 0.05) is 19.6 Å². The Morgan fingerprint density at radius 1 is 1.17 bits per heavy atom. The number of rotatable bonds is 8. The van der Waals surface area contributed by atoms with Crippen molar-refractivity contribution in [3.8, 4) is 5.75 Å². The third kappa shape index (κ3) is 5.25. The van der Waals surface area contributed by atoms with Gasteiger partial charge >= 0.3 is 0 Å². The number of ether oxygens (including phenoxy) is 1. The van der Waals surface area contributed by atoms with Crippen LogP contribution < -0.4 is 4.74 Å². The second-order valence-corrected chi connectivity index (χ2v) is 7.82. The number of benzene rings is 1. The van der Waals surface area contributed by atoms with E-state index in [4.69, 9.17) is 4.74 Å². The van der Waals surface area contributed by atoms with Gasteiger partial charge < -0.3 is 9.55 Å². The van der Waals surface area contributed by atoms with Gasteiger partial charge in [0.15, 0.2) is 7.98 Å². The van der Waals surface area contributed by atoms with Crippen molar-refractivity contribution in [2.45, 2.75) is 53.0 Å². The van der Waals surface area contributed by atoms with Crippen molar-refractivity contribution in [1.29, 1.82) is 0 Å². The van der Waals surface area contributed by atoms with Crippen LogP contribution in [0.5, 0.6) is 5.75 Å². The molecule has 2 rings (SSSR count).